The third-order valence-electron chi connectivity index (χ3n) is 5.75. The third-order valence-corrected chi connectivity index (χ3v) is 6.77. The zero-order valence-electron chi connectivity index (χ0n) is 17.6. The van der Waals surface area contributed by atoms with E-state index in [1.54, 1.807) is 29.5 Å². The molecule has 1 saturated carbocycles. The van der Waals surface area contributed by atoms with Gasteiger partial charge in [0, 0.05) is 23.5 Å². The molecule has 31 heavy (non-hydrogen) atoms. The maximum atomic E-state index is 13.3. The van der Waals surface area contributed by atoms with Crippen LogP contribution in [0.15, 0.2) is 53.3 Å². The third kappa shape index (κ3) is 5.28. The Kier molecular flexibility index (Phi) is 6.61. The summed E-state index contributed by atoms with van der Waals surface area (Å²) in [4.78, 5) is 29.7. The van der Waals surface area contributed by atoms with Crippen molar-refractivity contribution < 1.29 is 9.18 Å². The van der Waals surface area contributed by atoms with Crippen molar-refractivity contribution in [1.29, 1.82) is 0 Å². The van der Waals surface area contributed by atoms with E-state index in [9.17, 15) is 14.0 Å². The Morgan fingerprint density at radius 2 is 1.84 bits per heavy atom. The van der Waals surface area contributed by atoms with Crippen molar-refractivity contribution in [2.45, 2.75) is 58.2 Å². The molecule has 1 aliphatic rings. The monoisotopic (exact) mass is 439 g/mol. The maximum Gasteiger partial charge on any atom is 0.267 e. The minimum atomic E-state index is -0.296. The molecule has 2 aromatic heterocycles. The van der Waals surface area contributed by atoms with Gasteiger partial charge >= 0.3 is 0 Å². The Morgan fingerprint density at radius 3 is 2.52 bits per heavy atom. The molecule has 0 N–H and O–H groups in total. The smallest absolute Gasteiger partial charge is 0.267 e. The Balaban J connectivity index is 1.58. The fourth-order valence-electron chi connectivity index (χ4n) is 4.08. The zero-order valence-corrected chi connectivity index (χ0v) is 18.4. The molecule has 1 fully saturated rings. The van der Waals surface area contributed by atoms with Gasteiger partial charge < -0.3 is 4.90 Å². The fraction of sp³-hybridized carbons (Fsp3) is 0.375. The predicted octanol–water partition coefficient (Wildman–Crippen LogP) is 4.78. The van der Waals surface area contributed by atoms with Gasteiger partial charge in [-0.05, 0) is 55.7 Å². The normalized spacial score (nSPS) is 14.5. The second-order valence-electron chi connectivity index (χ2n) is 8.06. The van der Waals surface area contributed by atoms with Gasteiger partial charge in [-0.1, -0.05) is 31.4 Å². The van der Waals surface area contributed by atoms with E-state index in [-0.39, 0.29) is 29.9 Å². The van der Waals surface area contributed by atoms with Gasteiger partial charge in [0.05, 0.1) is 4.88 Å². The number of aromatic nitrogens is 2. The van der Waals surface area contributed by atoms with Crippen LogP contribution in [0.1, 0.15) is 42.5 Å². The lowest BCUT2D eigenvalue weighted by Gasteiger charge is -2.34. The molecule has 0 spiro atoms. The highest BCUT2D eigenvalue weighted by Crippen LogP contribution is 2.26. The summed E-state index contributed by atoms with van der Waals surface area (Å²) in [7, 11) is 0. The number of benzene rings is 1. The molecule has 1 aliphatic carbocycles. The molecule has 1 aromatic carbocycles. The van der Waals surface area contributed by atoms with E-state index in [1.807, 2.05) is 24.0 Å². The summed E-state index contributed by atoms with van der Waals surface area (Å²) in [6, 6.07) is 13.5. The number of carbonyl (C=O) groups excluding carboxylic acids is 1. The number of carbonyl (C=O) groups is 1. The van der Waals surface area contributed by atoms with Crippen molar-refractivity contribution in [2.75, 3.05) is 0 Å². The summed E-state index contributed by atoms with van der Waals surface area (Å²) in [5.74, 6) is -0.430. The number of hydrogen-bond acceptors (Lipinski definition) is 4. The predicted molar refractivity (Wildman–Crippen MR) is 120 cm³/mol. The van der Waals surface area contributed by atoms with Crippen LogP contribution in [0, 0.1) is 12.7 Å². The molecule has 0 saturated heterocycles. The van der Waals surface area contributed by atoms with E-state index in [4.69, 9.17) is 0 Å². The molecule has 162 valence electrons. The number of thiophene rings is 1. The van der Waals surface area contributed by atoms with Crippen LogP contribution < -0.4 is 5.56 Å². The van der Waals surface area contributed by atoms with E-state index in [1.165, 1.54) is 29.3 Å². The largest absolute Gasteiger partial charge is 0.334 e. The number of rotatable bonds is 6. The highest BCUT2D eigenvalue weighted by atomic mass is 32.1. The van der Waals surface area contributed by atoms with Gasteiger partial charge in [0.25, 0.3) is 5.56 Å². The maximum absolute atomic E-state index is 13.3. The summed E-state index contributed by atoms with van der Waals surface area (Å²) < 4.78 is 14.6. The molecule has 5 nitrogen and oxygen atoms in total. The highest BCUT2D eigenvalue weighted by molar-refractivity contribution is 7.15. The average Bonchev–Trinajstić information content (AvgIpc) is 3.21. The lowest BCUT2D eigenvalue weighted by atomic mass is 9.93. The summed E-state index contributed by atoms with van der Waals surface area (Å²) >= 11 is 1.60. The van der Waals surface area contributed by atoms with Crippen molar-refractivity contribution in [3.63, 3.8) is 0 Å². The zero-order chi connectivity index (χ0) is 21.8. The van der Waals surface area contributed by atoms with Crippen LogP contribution in [-0.2, 0) is 17.9 Å². The molecule has 7 heteroatoms. The first-order valence-electron chi connectivity index (χ1n) is 10.7. The second-order valence-corrected chi connectivity index (χ2v) is 9.35. The van der Waals surface area contributed by atoms with Crippen molar-refractivity contribution in [3.05, 3.63) is 75.1 Å². The van der Waals surface area contributed by atoms with Crippen LogP contribution in [0.4, 0.5) is 4.39 Å². The quantitative estimate of drug-likeness (QED) is 0.555. The molecule has 3 aromatic rings. The van der Waals surface area contributed by atoms with Crippen molar-refractivity contribution in [1.82, 2.24) is 14.7 Å². The lowest BCUT2D eigenvalue weighted by Crippen LogP contribution is -2.44. The lowest BCUT2D eigenvalue weighted by molar-refractivity contribution is -0.135. The summed E-state index contributed by atoms with van der Waals surface area (Å²) in [6.45, 7) is 2.32. The first-order valence-corrected chi connectivity index (χ1v) is 11.5. The summed E-state index contributed by atoms with van der Waals surface area (Å²) in [5.41, 5.74) is 1.27. The van der Waals surface area contributed by atoms with Crippen LogP contribution in [0.2, 0.25) is 0 Å². The minimum Gasteiger partial charge on any atom is -0.334 e. The second kappa shape index (κ2) is 9.56. The van der Waals surface area contributed by atoms with Gasteiger partial charge in [0.15, 0.2) is 0 Å². The molecule has 0 atom stereocenters. The van der Waals surface area contributed by atoms with Crippen LogP contribution >= 0.6 is 11.3 Å². The van der Waals surface area contributed by atoms with Crippen molar-refractivity contribution in [2.24, 2.45) is 0 Å². The van der Waals surface area contributed by atoms with E-state index >= 15 is 0 Å². The van der Waals surface area contributed by atoms with Crippen molar-refractivity contribution in [3.8, 4) is 10.6 Å². The fourth-order valence-corrected chi connectivity index (χ4v) is 4.92. The Labute approximate surface area is 185 Å². The first kappa shape index (κ1) is 21.4. The van der Waals surface area contributed by atoms with Crippen molar-refractivity contribution >= 4 is 17.2 Å². The standard InChI is InChI=1S/C24H26FN3O2S/c1-17-7-13-22(31-17)21-12-14-23(29)28(26-21)16-24(30)27(20-5-3-2-4-6-20)15-18-8-10-19(25)11-9-18/h7-14,20H,2-6,15-16H2,1H3. The summed E-state index contributed by atoms with van der Waals surface area (Å²) in [5, 5.41) is 4.46. The topological polar surface area (TPSA) is 55.2 Å². The van der Waals surface area contributed by atoms with Crippen LogP contribution in [0.25, 0.3) is 10.6 Å². The molecule has 0 radical (unpaired) electrons. The summed E-state index contributed by atoms with van der Waals surface area (Å²) in [6.07, 6.45) is 5.25. The highest BCUT2D eigenvalue weighted by Gasteiger charge is 2.26. The molecule has 0 aliphatic heterocycles. The van der Waals surface area contributed by atoms with Gasteiger partial charge in [-0.2, -0.15) is 5.10 Å². The molecule has 0 unspecified atom stereocenters. The molecule has 0 bridgehead atoms. The average molecular weight is 440 g/mol. The van der Waals surface area contributed by atoms with Gasteiger partial charge in [0.1, 0.15) is 18.1 Å². The molecule has 1 amide bonds. The Hall–Kier alpha value is -2.80. The number of halogens is 1. The van der Waals surface area contributed by atoms with E-state index in [0.29, 0.717) is 12.2 Å². The number of aryl methyl sites for hydroxylation is 1. The minimum absolute atomic E-state index is 0.102. The molecule has 4 rings (SSSR count). The first-order chi connectivity index (χ1) is 15.0. The van der Waals surface area contributed by atoms with Crippen LogP contribution in [-0.4, -0.2) is 26.6 Å². The SMILES string of the molecule is Cc1ccc(-c2ccc(=O)n(CC(=O)N(Cc3ccc(F)cc3)C3CCCCC3)n2)s1. The number of hydrogen-bond donors (Lipinski definition) is 0. The van der Waals surface area contributed by atoms with Gasteiger partial charge in [-0.15, -0.1) is 11.3 Å². The Bertz CT molecular complexity index is 1100. The van der Waals surface area contributed by atoms with E-state index < -0.39 is 0 Å². The Morgan fingerprint density at radius 1 is 1.10 bits per heavy atom. The van der Waals surface area contributed by atoms with E-state index in [2.05, 4.69) is 5.10 Å². The molecular formula is C24H26FN3O2S. The van der Waals surface area contributed by atoms with Gasteiger partial charge in [-0.25, -0.2) is 9.07 Å². The van der Waals surface area contributed by atoms with Gasteiger partial charge in [0.2, 0.25) is 5.91 Å². The van der Waals surface area contributed by atoms with E-state index in [0.717, 1.165) is 41.0 Å². The number of nitrogens with zero attached hydrogens (tertiary/aromatic N) is 3. The van der Waals surface area contributed by atoms with Crippen LogP contribution in [0.3, 0.4) is 0 Å². The molecular weight excluding hydrogens is 413 g/mol. The van der Waals surface area contributed by atoms with Gasteiger partial charge in [-0.3, -0.25) is 9.59 Å². The molecule has 2 heterocycles. The number of amides is 1. The van der Waals surface area contributed by atoms with Crippen LogP contribution in [0.5, 0.6) is 0 Å².